The summed E-state index contributed by atoms with van der Waals surface area (Å²) in [5, 5.41) is 2.97. The van der Waals surface area contributed by atoms with E-state index < -0.39 is 0 Å². The minimum Gasteiger partial charge on any atom is -0.436 e. The van der Waals surface area contributed by atoms with Crippen LogP contribution in [0.2, 0.25) is 0 Å². The Kier molecular flexibility index (Phi) is 6.14. The second-order valence-electron chi connectivity index (χ2n) is 8.70. The van der Waals surface area contributed by atoms with Gasteiger partial charge in [0.05, 0.1) is 22.4 Å². The van der Waals surface area contributed by atoms with Gasteiger partial charge in [0.15, 0.2) is 5.58 Å². The van der Waals surface area contributed by atoms with E-state index in [1.807, 2.05) is 49.4 Å². The number of oxazole rings is 1. The van der Waals surface area contributed by atoms with Crippen LogP contribution in [0, 0.1) is 6.92 Å². The van der Waals surface area contributed by atoms with Gasteiger partial charge in [0.2, 0.25) is 11.8 Å². The Hall–Kier alpha value is -4.26. The quantitative estimate of drug-likeness (QED) is 0.269. The molecule has 35 heavy (non-hydrogen) atoms. The maximum absolute atomic E-state index is 12.6. The van der Waals surface area contributed by atoms with Gasteiger partial charge in [0, 0.05) is 13.0 Å². The van der Waals surface area contributed by atoms with Crippen molar-refractivity contribution in [1.29, 1.82) is 0 Å². The molecule has 0 atom stereocenters. The van der Waals surface area contributed by atoms with Gasteiger partial charge < -0.3 is 9.73 Å². The standard InChI is InChI=1S/C28H25N3O4/c1-18-14-15-24-23(17-18)30-26(35-24)21-11-6-7-12-22(21)29-25(32)13-3-2-8-16-31-27(33)19-9-4-5-10-20(19)28(31)34/h4-7,9-12,14-15,17H,2-3,8,13,16H2,1H3,(H,29,32). The summed E-state index contributed by atoms with van der Waals surface area (Å²) in [6.07, 6.45) is 2.37. The minimum absolute atomic E-state index is 0.106. The molecule has 176 valence electrons. The number of anilines is 1. The highest BCUT2D eigenvalue weighted by molar-refractivity contribution is 6.21. The maximum atomic E-state index is 12.6. The third-order valence-electron chi connectivity index (χ3n) is 6.14. The number of unbranched alkanes of at least 4 members (excludes halogenated alkanes) is 2. The van der Waals surface area contributed by atoms with E-state index in [4.69, 9.17) is 4.42 Å². The third kappa shape index (κ3) is 4.57. The van der Waals surface area contributed by atoms with Gasteiger partial charge >= 0.3 is 0 Å². The number of hydrogen-bond acceptors (Lipinski definition) is 5. The van der Waals surface area contributed by atoms with Crippen molar-refractivity contribution >= 4 is 34.5 Å². The normalized spacial score (nSPS) is 12.9. The topological polar surface area (TPSA) is 92.5 Å². The van der Waals surface area contributed by atoms with Crippen LogP contribution in [0.25, 0.3) is 22.6 Å². The van der Waals surface area contributed by atoms with Gasteiger partial charge in [-0.05, 0) is 61.7 Å². The van der Waals surface area contributed by atoms with Gasteiger partial charge in [-0.1, -0.05) is 36.8 Å². The molecule has 5 rings (SSSR count). The van der Waals surface area contributed by atoms with Crippen molar-refractivity contribution in [2.45, 2.75) is 32.6 Å². The molecule has 7 nitrogen and oxygen atoms in total. The molecule has 0 radical (unpaired) electrons. The molecule has 0 bridgehead atoms. The molecule has 7 heteroatoms. The molecule has 0 saturated heterocycles. The Morgan fingerprint density at radius 2 is 1.57 bits per heavy atom. The predicted octanol–water partition coefficient (Wildman–Crippen LogP) is 5.60. The number of fused-ring (bicyclic) bond motifs is 2. The second kappa shape index (κ2) is 9.54. The minimum atomic E-state index is -0.241. The lowest BCUT2D eigenvalue weighted by Crippen LogP contribution is -2.30. The van der Waals surface area contributed by atoms with Crippen LogP contribution in [0.5, 0.6) is 0 Å². The number of para-hydroxylation sites is 1. The van der Waals surface area contributed by atoms with Crippen LogP contribution in [0.3, 0.4) is 0 Å². The molecule has 0 saturated carbocycles. The Bertz CT molecular complexity index is 1400. The second-order valence-corrected chi connectivity index (χ2v) is 8.70. The Morgan fingerprint density at radius 3 is 2.31 bits per heavy atom. The fourth-order valence-electron chi connectivity index (χ4n) is 4.32. The first-order valence-corrected chi connectivity index (χ1v) is 11.7. The van der Waals surface area contributed by atoms with Crippen molar-refractivity contribution in [1.82, 2.24) is 9.88 Å². The molecule has 1 aliphatic rings. The van der Waals surface area contributed by atoms with Gasteiger partial charge in [-0.15, -0.1) is 0 Å². The number of amides is 3. The lowest BCUT2D eigenvalue weighted by molar-refractivity contribution is -0.116. The Morgan fingerprint density at radius 1 is 0.886 bits per heavy atom. The molecule has 0 fully saturated rings. The highest BCUT2D eigenvalue weighted by Crippen LogP contribution is 2.30. The zero-order chi connectivity index (χ0) is 24.4. The molecule has 0 unspecified atom stereocenters. The van der Waals surface area contributed by atoms with Crippen LogP contribution < -0.4 is 5.32 Å². The van der Waals surface area contributed by atoms with Gasteiger partial charge in [-0.2, -0.15) is 0 Å². The van der Waals surface area contributed by atoms with E-state index in [9.17, 15) is 14.4 Å². The first-order valence-electron chi connectivity index (χ1n) is 11.7. The summed E-state index contributed by atoms with van der Waals surface area (Å²) in [6, 6.07) is 20.1. The van der Waals surface area contributed by atoms with Crippen LogP contribution in [0.15, 0.2) is 71.1 Å². The maximum Gasteiger partial charge on any atom is 0.261 e. The van der Waals surface area contributed by atoms with Crippen molar-refractivity contribution in [2.75, 3.05) is 11.9 Å². The summed E-state index contributed by atoms with van der Waals surface area (Å²) in [4.78, 5) is 43.4. The zero-order valence-electron chi connectivity index (χ0n) is 19.4. The van der Waals surface area contributed by atoms with Crippen molar-refractivity contribution < 1.29 is 18.8 Å². The highest BCUT2D eigenvalue weighted by atomic mass is 16.3. The summed E-state index contributed by atoms with van der Waals surface area (Å²) in [6.45, 7) is 2.36. The number of carbonyl (C=O) groups is 3. The van der Waals surface area contributed by atoms with Gasteiger partial charge in [0.25, 0.3) is 11.8 Å². The number of aryl methyl sites for hydroxylation is 1. The zero-order valence-corrected chi connectivity index (χ0v) is 19.4. The van der Waals surface area contributed by atoms with Crippen molar-refractivity contribution in [3.8, 4) is 11.5 Å². The largest absolute Gasteiger partial charge is 0.436 e. The lowest BCUT2D eigenvalue weighted by Gasteiger charge is -2.13. The van der Waals surface area contributed by atoms with Crippen LogP contribution in [-0.4, -0.2) is 34.2 Å². The van der Waals surface area contributed by atoms with Gasteiger partial charge in [0.1, 0.15) is 5.52 Å². The third-order valence-corrected chi connectivity index (χ3v) is 6.14. The Balaban J connectivity index is 1.14. The lowest BCUT2D eigenvalue weighted by atomic mass is 10.1. The fraction of sp³-hybridized carbons (Fsp3) is 0.214. The number of nitrogens with zero attached hydrogens (tertiary/aromatic N) is 2. The number of rotatable bonds is 8. The number of benzene rings is 3. The molecule has 1 aromatic heterocycles. The number of hydrogen-bond donors (Lipinski definition) is 1. The molecule has 1 N–H and O–H groups in total. The molecule has 4 aromatic rings. The first kappa shape index (κ1) is 22.5. The number of imide groups is 1. The van der Waals surface area contributed by atoms with E-state index in [-0.39, 0.29) is 17.7 Å². The summed E-state index contributed by atoms with van der Waals surface area (Å²) in [7, 11) is 0. The highest BCUT2D eigenvalue weighted by Gasteiger charge is 2.34. The number of nitrogens with one attached hydrogen (secondary N) is 1. The summed E-state index contributed by atoms with van der Waals surface area (Å²) >= 11 is 0. The van der Waals surface area contributed by atoms with E-state index in [1.54, 1.807) is 24.3 Å². The molecule has 2 heterocycles. The molecular weight excluding hydrogens is 442 g/mol. The molecule has 0 aliphatic carbocycles. The predicted molar refractivity (Wildman–Crippen MR) is 133 cm³/mol. The van der Waals surface area contributed by atoms with Crippen molar-refractivity contribution in [2.24, 2.45) is 0 Å². The number of carbonyl (C=O) groups excluding carboxylic acids is 3. The van der Waals surface area contributed by atoms with Crippen LogP contribution in [-0.2, 0) is 4.79 Å². The van der Waals surface area contributed by atoms with E-state index in [0.29, 0.717) is 54.1 Å². The molecule has 3 aromatic carbocycles. The van der Waals surface area contributed by atoms with E-state index in [0.717, 1.165) is 23.1 Å². The summed E-state index contributed by atoms with van der Waals surface area (Å²) < 4.78 is 5.91. The number of aromatic nitrogens is 1. The van der Waals surface area contributed by atoms with E-state index in [2.05, 4.69) is 10.3 Å². The summed E-state index contributed by atoms with van der Waals surface area (Å²) in [5.74, 6) is -0.129. The van der Waals surface area contributed by atoms with Crippen LogP contribution in [0.1, 0.15) is 52.0 Å². The summed E-state index contributed by atoms with van der Waals surface area (Å²) in [5.41, 5.74) is 4.87. The smallest absolute Gasteiger partial charge is 0.261 e. The monoisotopic (exact) mass is 467 g/mol. The van der Waals surface area contributed by atoms with Crippen molar-refractivity contribution in [3.63, 3.8) is 0 Å². The van der Waals surface area contributed by atoms with Crippen LogP contribution in [0.4, 0.5) is 5.69 Å². The van der Waals surface area contributed by atoms with Crippen LogP contribution >= 0.6 is 0 Å². The molecule has 3 amide bonds. The first-order chi connectivity index (χ1) is 17.0. The average molecular weight is 468 g/mol. The molecule has 1 aliphatic heterocycles. The van der Waals surface area contributed by atoms with Gasteiger partial charge in [-0.3, -0.25) is 19.3 Å². The molecular formula is C28H25N3O4. The van der Waals surface area contributed by atoms with Crippen molar-refractivity contribution in [3.05, 3.63) is 83.4 Å². The fourth-order valence-corrected chi connectivity index (χ4v) is 4.32. The van der Waals surface area contributed by atoms with E-state index in [1.165, 1.54) is 4.90 Å². The van der Waals surface area contributed by atoms with Gasteiger partial charge in [-0.25, -0.2) is 4.98 Å². The van der Waals surface area contributed by atoms with E-state index >= 15 is 0 Å². The molecule has 0 spiro atoms. The Labute approximate surface area is 202 Å². The SMILES string of the molecule is Cc1ccc2oc(-c3ccccc3NC(=O)CCCCCN3C(=O)c4ccccc4C3=O)nc2c1. The average Bonchev–Trinajstić information content (AvgIpc) is 3.38.